The predicted molar refractivity (Wildman–Crippen MR) is 69.5 cm³/mol. The number of likely N-dealkylation sites (N-methyl/N-ethyl adjacent to an activating group) is 1. The maximum absolute atomic E-state index is 5.82. The molecule has 0 radical (unpaired) electrons. The molecule has 0 atom stereocenters. The van der Waals surface area contributed by atoms with E-state index in [0.29, 0.717) is 12.6 Å². The van der Waals surface area contributed by atoms with E-state index in [0.717, 1.165) is 56.3 Å². The Morgan fingerprint density at radius 1 is 1.17 bits per heavy atom. The fraction of sp³-hybridized carbons (Fsp3) is 0.667. The van der Waals surface area contributed by atoms with Gasteiger partial charge in [-0.05, 0) is 7.05 Å². The topological polar surface area (TPSA) is 67.5 Å². The molecule has 0 aromatic carbocycles. The van der Waals surface area contributed by atoms with E-state index < -0.39 is 0 Å². The lowest BCUT2D eigenvalue weighted by atomic mass is 10.1. The number of aromatic nitrogens is 2. The first-order valence-corrected chi connectivity index (χ1v) is 6.40. The highest BCUT2D eigenvalue weighted by atomic mass is 16.5. The number of rotatable bonds is 1. The molecule has 1 aromatic heterocycles. The van der Waals surface area contributed by atoms with Crippen LogP contribution in [-0.2, 0) is 17.8 Å². The number of ether oxygens (including phenoxy) is 1. The number of hydrogen-bond donors (Lipinski definition) is 1. The third-order valence-corrected chi connectivity index (χ3v) is 3.62. The summed E-state index contributed by atoms with van der Waals surface area (Å²) >= 11 is 0. The molecule has 1 fully saturated rings. The molecule has 0 amide bonds. The summed E-state index contributed by atoms with van der Waals surface area (Å²) in [6.45, 7) is 5.42. The van der Waals surface area contributed by atoms with Gasteiger partial charge in [0.25, 0.3) is 0 Å². The van der Waals surface area contributed by atoms with Gasteiger partial charge in [-0.1, -0.05) is 0 Å². The van der Waals surface area contributed by atoms with Crippen molar-refractivity contribution in [3.05, 3.63) is 11.3 Å². The minimum Gasteiger partial charge on any atom is -0.376 e. The highest BCUT2D eigenvalue weighted by Gasteiger charge is 2.23. The van der Waals surface area contributed by atoms with Gasteiger partial charge >= 0.3 is 0 Å². The van der Waals surface area contributed by atoms with Crippen molar-refractivity contribution in [3.8, 4) is 0 Å². The number of hydrogen-bond acceptors (Lipinski definition) is 6. The Bertz CT molecular complexity index is 442. The molecule has 1 saturated heterocycles. The van der Waals surface area contributed by atoms with Crippen LogP contribution in [0.25, 0.3) is 0 Å². The van der Waals surface area contributed by atoms with Crippen LogP contribution >= 0.6 is 0 Å². The number of piperazine rings is 1. The molecule has 0 unspecified atom stereocenters. The normalized spacial score (nSPS) is 20.8. The second-order valence-electron chi connectivity index (χ2n) is 4.92. The maximum Gasteiger partial charge on any atom is 0.222 e. The average molecular weight is 249 g/mol. The quantitative estimate of drug-likeness (QED) is 0.748. The molecule has 6 heteroatoms. The molecule has 0 bridgehead atoms. The van der Waals surface area contributed by atoms with Crippen molar-refractivity contribution in [1.29, 1.82) is 0 Å². The first kappa shape index (κ1) is 11.7. The summed E-state index contributed by atoms with van der Waals surface area (Å²) in [6, 6.07) is 0. The van der Waals surface area contributed by atoms with Crippen LogP contribution in [-0.4, -0.2) is 54.7 Å². The van der Waals surface area contributed by atoms with Crippen LogP contribution < -0.4 is 10.6 Å². The molecule has 2 aliphatic rings. The van der Waals surface area contributed by atoms with Gasteiger partial charge in [-0.15, -0.1) is 0 Å². The Labute approximate surface area is 107 Å². The van der Waals surface area contributed by atoms with Crippen molar-refractivity contribution in [3.63, 3.8) is 0 Å². The van der Waals surface area contributed by atoms with Crippen molar-refractivity contribution < 1.29 is 4.74 Å². The van der Waals surface area contributed by atoms with Gasteiger partial charge in [-0.25, -0.2) is 4.98 Å². The zero-order valence-electron chi connectivity index (χ0n) is 10.7. The van der Waals surface area contributed by atoms with E-state index in [2.05, 4.69) is 26.8 Å². The average Bonchev–Trinajstić information content (AvgIpc) is 2.38. The lowest BCUT2D eigenvalue weighted by Gasteiger charge is -2.35. The smallest absolute Gasteiger partial charge is 0.222 e. The van der Waals surface area contributed by atoms with Crippen LogP contribution in [0.4, 0.5) is 11.8 Å². The number of nitrogens with zero attached hydrogens (tertiary/aromatic N) is 4. The predicted octanol–water partition coefficient (Wildman–Crippen LogP) is -0.117. The Balaban J connectivity index is 1.93. The summed E-state index contributed by atoms with van der Waals surface area (Å²) in [4.78, 5) is 13.4. The number of anilines is 2. The van der Waals surface area contributed by atoms with E-state index in [1.165, 1.54) is 0 Å². The molecule has 2 aliphatic heterocycles. The maximum atomic E-state index is 5.82. The number of nitrogen functional groups attached to an aromatic ring is 1. The van der Waals surface area contributed by atoms with Crippen LogP contribution in [0.15, 0.2) is 0 Å². The fourth-order valence-corrected chi connectivity index (χ4v) is 2.51. The third-order valence-electron chi connectivity index (χ3n) is 3.62. The molecule has 1 aromatic rings. The Hall–Kier alpha value is -1.40. The summed E-state index contributed by atoms with van der Waals surface area (Å²) in [5, 5.41) is 0. The van der Waals surface area contributed by atoms with Crippen molar-refractivity contribution >= 4 is 11.8 Å². The lowest BCUT2D eigenvalue weighted by Crippen LogP contribution is -2.45. The first-order valence-electron chi connectivity index (χ1n) is 6.40. The highest BCUT2D eigenvalue weighted by Crippen LogP contribution is 2.26. The summed E-state index contributed by atoms with van der Waals surface area (Å²) in [6.07, 6.45) is 0.836. The molecular formula is C12H19N5O. The third kappa shape index (κ3) is 2.13. The minimum atomic E-state index is 0.379. The van der Waals surface area contributed by atoms with Crippen LogP contribution in [0.2, 0.25) is 0 Å². The molecule has 3 heterocycles. The van der Waals surface area contributed by atoms with Gasteiger partial charge in [0.15, 0.2) is 0 Å². The van der Waals surface area contributed by atoms with Crippen LogP contribution in [0.1, 0.15) is 11.3 Å². The van der Waals surface area contributed by atoms with Gasteiger partial charge in [-0.3, -0.25) is 0 Å². The van der Waals surface area contributed by atoms with Crippen LogP contribution in [0, 0.1) is 0 Å². The largest absolute Gasteiger partial charge is 0.376 e. The van der Waals surface area contributed by atoms with Crippen molar-refractivity contribution in [2.45, 2.75) is 13.0 Å². The van der Waals surface area contributed by atoms with Gasteiger partial charge in [0.2, 0.25) is 5.95 Å². The van der Waals surface area contributed by atoms with E-state index in [1.807, 2.05) is 0 Å². The summed E-state index contributed by atoms with van der Waals surface area (Å²) in [7, 11) is 2.14. The Morgan fingerprint density at radius 3 is 2.72 bits per heavy atom. The lowest BCUT2D eigenvalue weighted by molar-refractivity contribution is 0.109. The van der Waals surface area contributed by atoms with Gasteiger partial charge in [0.1, 0.15) is 5.82 Å². The first-order chi connectivity index (χ1) is 8.74. The van der Waals surface area contributed by atoms with E-state index in [-0.39, 0.29) is 0 Å². The van der Waals surface area contributed by atoms with E-state index >= 15 is 0 Å². The second-order valence-corrected chi connectivity index (χ2v) is 4.92. The molecule has 0 aliphatic carbocycles. The highest BCUT2D eigenvalue weighted by molar-refractivity contribution is 5.52. The minimum absolute atomic E-state index is 0.379. The van der Waals surface area contributed by atoms with Gasteiger partial charge < -0.3 is 20.3 Å². The fourth-order valence-electron chi connectivity index (χ4n) is 2.51. The van der Waals surface area contributed by atoms with Crippen molar-refractivity contribution in [2.75, 3.05) is 50.5 Å². The molecule has 98 valence electrons. The standard InChI is InChI=1S/C12H19N5O/c1-16-3-5-17(6-4-16)11-9-8-18-7-2-10(9)14-12(13)15-11/h2-8H2,1H3,(H2,13,14,15). The molecule has 0 spiro atoms. The zero-order valence-corrected chi connectivity index (χ0v) is 10.7. The zero-order chi connectivity index (χ0) is 12.5. The van der Waals surface area contributed by atoms with Gasteiger partial charge in [0, 0.05) is 38.2 Å². The molecule has 3 rings (SSSR count). The molecule has 6 nitrogen and oxygen atoms in total. The van der Waals surface area contributed by atoms with Gasteiger partial charge in [-0.2, -0.15) is 4.98 Å². The van der Waals surface area contributed by atoms with E-state index in [9.17, 15) is 0 Å². The SMILES string of the molecule is CN1CCN(c2nc(N)nc3c2COCC3)CC1. The van der Waals surface area contributed by atoms with E-state index in [1.54, 1.807) is 0 Å². The van der Waals surface area contributed by atoms with Crippen molar-refractivity contribution in [1.82, 2.24) is 14.9 Å². The Morgan fingerprint density at radius 2 is 1.94 bits per heavy atom. The molecule has 18 heavy (non-hydrogen) atoms. The molecule has 0 saturated carbocycles. The Kier molecular flexibility index (Phi) is 3.05. The van der Waals surface area contributed by atoms with Crippen molar-refractivity contribution in [2.24, 2.45) is 0 Å². The number of fused-ring (bicyclic) bond motifs is 1. The summed E-state index contributed by atoms with van der Waals surface area (Å²) in [5.41, 5.74) is 8.00. The van der Waals surface area contributed by atoms with Crippen LogP contribution in [0.3, 0.4) is 0 Å². The van der Waals surface area contributed by atoms with E-state index in [4.69, 9.17) is 10.5 Å². The molecular weight excluding hydrogens is 230 g/mol. The van der Waals surface area contributed by atoms with Crippen LogP contribution in [0.5, 0.6) is 0 Å². The number of nitrogens with two attached hydrogens (primary N) is 1. The molecule has 2 N–H and O–H groups in total. The summed E-state index contributed by atoms with van der Waals surface area (Å²) < 4.78 is 5.53. The summed E-state index contributed by atoms with van der Waals surface area (Å²) in [5.74, 6) is 1.36. The monoisotopic (exact) mass is 249 g/mol. The second kappa shape index (κ2) is 4.70. The van der Waals surface area contributed by atoms with Gasteiger partial charge in [0.05, 0.1) is 18.9 Å².